The molecule has 0 aromatic carbocycles. The highest BCUT2D eigenvalue weighted by atomic mass is 32.2. The van der Waals surface area contributed by atoms with Gasteiger partial charge in [0.25, 0.3) is 0 Å². The molecule has 7 heteroatoms. The van der Waals surface area contributed by atoms with Crippen LogP contribution in [0.3, 0.4) is 0 Å². The van der Waals surface area contributed by atoms with Crippen molar-refractivity contribution in [1.29, 1.82) is 0 Å². The molecule has 82 valence electrons. The predicted octanol–water partition coefficient (Wildman–Crippen LogP) is 2.06. The summed E-state index contributed by atoms with van der Waals surface area (Å²) < 4.78 is 6.84. The highest BCUT2D eigenvalue weighted by molar-refractivity contribution is 8.03. The van der Waals surface area contributed by atoms with Gasteiger partial charge in [0.2, 0.25) is 0 Å². The Morgan fingerprint density at radius 1 is 1.47 bits per heavy atom. The smallest absolute Gasteiger partial charge is 0.319 e. The third kappa shape index (κ3) is 2.64. The average Bonchev–Trinajstić information content (AvgIpc) is 2.75. The van der Waals surface area contributed by atoms with Gasteiger partial charge in [-0.25, -0.2) is 0 Å². The lowest BCUT2D eigenvalue weighted by molar-refractivity contribution is -0.140. The van der Waals surface area contributed by atoms with E-state index in [1.54, 1.807) is 11.8 Å². The van der Waals surface area contributed by atoms with E-state index in [0.29, 0.717) is 0 Å². The first-order chi connectivity index (χ1) is 7.19. The number of esters is 1. The summed E-state index contributed by atoms with van der Waals surface area (Å²) in [5.74, 6) is -0.131. The van der Waals surface area contributed by atoms with Crippen molar-refractivity contribution in [2.75, 3.05) is 6.26 Å². The molecule has 0 spiro atoms. The first-order valence-corrected chi connectivity index (χ1v) is 7.36. The Bertz CT molecular complexity index is 369. The van der Waals surface area contributed by atoms with Gasteiger partial charge in [0.1, 0.15) is 11.4 Å². The molecule has 2 heterocycles. The van der Waals surface area contributed by atoms with Crippen molar-refractivity contribution < 1.29 is 9.53 Å². The largest absolute Gasteiger partial charge is 0.462 e. The molecule has 1 aliphatic heterocycles. The second kappa shape index (κ2) is 4.71. The topological polar surface area (TPSA) is 52.1 Å². The minimum atomic E-state index is -0.131. The van der Waals surface area contributed by atoms with Crippen LogP contribution in [0, 0.1) is 0 Å². The quantitative estimate of drug-likeness (QED) is 0.614. The van der Waals surface area contributed by atoms with Gasteiger partial charge in [-0.05, 0) is 13.2 Å². The molecule has 0 saturated carbocycles. The molecule has 0 radical (unpaired) electrons. The summed E-state index contributed by atoms with van der Waals surface area (Å²) in [5.41, 5.74) is 0. The molecule has 4 nitrogen and oxygen atoms in total. The Morgan fingerprint density at radius 3 is 2.73 bits per heavy atom. The molecule has 1 saturated heterocycles. The second-order valence-corrected chi connectivity index (χ2v) is 6.61. The Hall–Kier alpha value is -0.270. The fourth-order valence-corrected chi connectivity index (χ4v) is 4.06. The number of rotatable bonds is 3. The summed E-state index contributed by atoms with van der Waals surface area (Å²) in [4.78, 5) is 11.4. The molecule has 2 atom stereocenters. The van der Waals surface area contributed by atoms with Crippen LogP contribution in [0.1, 0.15) is 13.3 Å². The zero-order chi connectivity index (χ0) is 10.8. The van der Waals surface area contributed by atoms with Crippen LogP contribution in [0.15, 0.2) is 8.68 Å². The standard InChI is InChI=1S/C8H10N2O2S3/c1-4-3-5(6(11)12-4)14-8-10-9-7(13-2)15-8/h4-5H,3H2,1-2H3/t4-,5+/m0/s1. The van der Waals surface area contributed by atoms with Gasteiger partial charge in [-0.1, -0.05) is 34.9 Å². The van der Waals surface area contributed by atoms with Crippen molar-refractivity contribution in [3.05, 3.63) is 0 Å². The zero-order valence-electron chi connectivity index (χ0n) is 8.30. The Balaban J connectivity index is 1.99. The maximum absolute atomic E-state index is 11.4. The van der Waals surface area contributed by atoms with E-state index in [1.165, 1.54) is 23.1 Å². The lowest BCUT2D eigenvalue weighted by Crippen LogP contribution is -2.08. The van der Waals surface area contributed by atoms with Crippen LogP contribution in [0.5, 0.6) is 0 Å². The minimum Gasteiger partial charge on any atom is -0.462 e. The Morgan fingerprint density at radius 2 is 2.20 bits per heavy atom. The van der Waals surface area contributed by atoms with Crippen molar-refractivity contribution in [2.24, 2.45) is 0 Å². The summed E-state index contributed by atoms with van der Waals surface area (Å²) in [7, 11) is 0. The average molecular weight is 262 g/mol. The maximum Gasteiger partial charge on any atom is 0.319 e. The number of ether oxygens (including phenoxy) is 1. The van der Waals surface area contributed by atoms with Crippen LogP contribution in [0.4, 0.5) is 0 Å². The van der Waals surface area contributed by atoms with Crippen LogP contribution >= 0.6 is 34.9 Å². The number of carbonyl (C=O) groups is 1. The van der Waals surface area contributed by atoms with E-state index in [2.05, 4.69) is 10.2 Å². The number of cyclic esters (lactones) is 1. The van der Waals surface area contributed by atoms with Crippen molar-refractivity contribution >= 4 is 40.8 Å². The number of carbonyl (C=O) groups excluding carboxylic acids is 1. The molecule has 1 aromatic heterocycles. The Kier molecular flexibility index (Phi) is 3.53. The number of thioether (sulfide) groups is 2. The summed E-state index contributed by atoms with van der Waals surface area (Å²) in [6, 6.07) is 0. The highest BCUT2D eigenvalue weighted by Gasteiger charge is 2.33. The molecular weight excluding hydrogens is 252 g/mol. The molecule has 0 N–H and O–H groups in total. The molecule has 1 aromatic rings. The molecule has 0 aliphatic carbocycles. The molecule has 2 rings (SSSR count). The van der Waals surface area contributed by atoms with E-state index in [9.17, 15) is 4.79 Å². The van der Waals surface area contributed by atoms with Crippen molar-refractivity contribution in [3.63, 3.8) is 0 Å². The fraction of sp³-hybridized carbons (Fsp3) is 0.625. The van der Waals surface area contributed by atoms with Crippen LogP contribution in [-0.2, 0) is 9.53 Å². The third-order valence-corrected chi connectivity index (χ3v) is 5.12. The molecule has 0 unspecified atom stereocenters. The summed E-state index contributed by atoms with van der Waals surface area (Å²) in [6.45, 7) is 1.91. The zero-order valence-corrected chi connectivity index (χ0v) is 10.7. The first-order valence-electron chi connectivity index (χ1n) is 4.43. The Labute approximate surface area is 100 Å². The summed E-state index contributed by atoms with van der Waals surface area (Å²) in [5, 5.41) is 7.88. The van der Waals surface area contributed by atoms with Crippen molar-refractivity contribution in [1.82, 2.24) is 10.2 Å². The lowest BCUT2D eigenvalue weighted by atomic mass is 10.3. The maximum atomic E-state index is 11.4. The molecule has 15 heavy (non-hydrogen) atoms. The van der Waals surface area contributed by atoms with E-state index in [-0.39, 0.29) is 17.3 Å². The number of aromatic nitrogens is 2. The third-order valence-electron chi connectivity index (χ3n) is 1.93. The highest BCUT2D eigenvalue weighted by Crippen LogP contribution is 2.35. The molecule has 1 fully saturated rings. The van der Waals surface area contributed by atoms with Gasteiger partial charge >= 0.3 is 5.97 Å². The van der Waals surface area contributed by atoms with Crippen LogP contribution < -0.4 is 0 Å². The van der Waals surface area contributed by atoms with Gasteiger partial charge in [0, 0.05) is 6.42 Å². The molecule has 1 aliphatic rings. The van der Waals surface area contributed by atoms with E-state index >= 15 is 0 Å². The van der Waals surface area contributed by atoms with Crippen molar-refractivity contribution in [2.45, 2.75) is 33.4 Å². The molecular formula is C8H10N2O2S3. The van der Waals surface area contributed by atoms with Crippen molar-refractivity contribution in [3.8, 4) is 0 Å². The van der Waals surface area contributed by atoms with Crippen LogP contribution in [0.2, 0.25) is 0 Å². The van der Waals surface area contributed by atoms with Gasteiger partial charge < -0.3 is 4.74 Å². The molecule has 0 amide bonds. The fourth-order valence-electron chi connectivity index (χ4n) is 1.27. The molecule has 0 bridgehead atoms. The number of hydrogen-bond donors (Lipinski definition) is 0. The number of nitrogens with zero attached hydrogens (tertiary/aromatic N) is 2. The van der Waals surface area contributed by atoms with Gasteiger partial charge in [-0.2, -0.15) is 0 Å². The summed E-state index contributed by atoms with van der Waals surface area (Å²) in [6.07, 6.45) is 2.75. The van der Waals surface area contributed by atoms with Gasteiger partial charge in [0.15, 0.2) is 8.68 Å². The minimum absolute atomic E-state index is 0.0305. The van der Waals surface area contributed by atoms with Crippen LogP contribution in [0.25, 0.3) is 0 Å². The van der Waals surface area contributed by atoms with E-state index in [4.69, 9.17) is 4.74 Å². The lowest BCUT2D eigenvalue weighted by Gasteiger charge is -1.99. The van der Waals surface area contributed by atoms with Gasteiger partial charge in [0.05, 0.1) is 0 Å². The summed E-state index contributed by atoms with van der Waals surface area (Å²) >= 11 is 4.54. The SMILES string of the molecule is CSc1nnc(S[C@@H]2C[C@H](C)OC2=O)s1. The van der Waals surface area contributed by atoms with E-state index in [0.717, 1.165) is 15.1 Å². The normalized spacial score (nSPS) is 25.6. The number of hydrogen-bond acceptors (Lipinski definition) is 7. The van der Waals surface area contributed by atoms with Gasteiger partial charge in [-0.15, -0.1) is 10.2 Å². The monoisotopic (exact) mass is 262 g/mol. The second-order valence-electron chi connectivity index (χ2n) is 3.13. The van der Waals surface area contributed by atoms with Gasteiger partial charge in [-0.3, -0.25) is 4.79 Å². The van der Waals surface area contributed by atoms with E-state index < -0.39 is 0 Å². The first kappa shape index (κ1) is 11.2. The predicted molar refractivity (Wildman–Crippen MR) is 61.5 cm³/mol. The van der Waals surface area contributed by atoms with Crippen LogP contribution in [-0.4, -0.2) is 33.8 Å². The van der Waals surface area contributed by atoms with E-state index in [1.807, 2.05) is 13.2 Å².